The molecule has 1 aromatic rings. The van der Waals surface area contributed by atoms with E-state index in [4.69, 9.17) is 5.11 Å². The maximum atomic E-state index is 11.0. The summed E-state index contributed by atoms with van der Waals surface area (Å²) in [5, 5.41) is 12.0. The van der Waals surface area contributed by atoms with Crippen molar-refractivity contribution >= 4 is 5.97 Å². The van der Waals surface area contributed by atoms with E-state index in [9.17, 15) is 4.79 Å². The predicted molar refractivity (Wildman–Crippen MR) is 62.0 cm³/mol. The first-order valence-corrected chi connectivity index (χ1v) is 5.44. The van der Waals surface area contributed by atoms with Crippen LogP contribution in [0.5, 0.6) is 0 Å². The number of nitrogens with one attached hydrogen (secondary N) is 1. The summed E-state index contributed by atoms with van der Waals surface area (Å²) in [7, 11) is 0. The molecule has 0 amide bonds. The average Bonchev–Trinajstić information content (AvgIpc) is 2.25. The van der Waals surface area contributed by atoms with Gasteiger partial charge in [0.1, 0.15) is 6.04 Å². The Balaban J connectivity index is 2.47. The van der Waals surface area contributed by atoms with Crippen LogP contribution in [0.1, 0.15) is 25.8 Å². The first-order chi connectivity index (χ1) is 7.59. The maximum Gasteiger partial charge on any atom is 0.320 e. The second-order valence-corrected chi connectivity index (χ2v) is 4.26. The molecular weight excluding hydrogens is 204 g/mol. The van der Waals surface area contributed by atoms with Crippen molar-refractivity contribution in [1.82, 2.24) is 10.3 Å². The molecule has 4 heteroatoms. The molecule has 1 aromatic heterocycles. The number of hydrogen-bond donors (Lipinski definition) is 2. The van der Waals surface area contributed by atoms with Gasteiger partial charge in [-0.3, -0.25) is 9.78 Å². The van der Waals surface area contributed by atoms with Crippen molar-refractivity contribution in [2.75, 3.05) is 0 Å². The lowest BCUT2D eigenvalue weighted by Gasteiger charge is -2.16. The quantitative estimate of drug-likeness (QED) is 0.768. The number of nitrogens with zero attached hydrogens (tertiary/aromatic N) is 1. The predicted octanol–water partition coefficient (Wildman–Crippen LogP) is 1.67. The summed E-state index contributed by atoms with van der Waals surface area (Å²) in [6.07, 6.45) is 4.07. The third-order valence-corrected chi connectivity index (χ3v) is 2.28. The highest BCUT2D eigenvalue weighted by molar-refractivity contribution is 5.73. The smallest absolute Gasteiger partial charge is 0.320 e. The van der Waals surface area contributed by atoms with Crippen molar-refractivity contribution in [3.8, 4) is 0 Å². The first-order valence-electron chi connectivity index (χ1n) is 5.44. The third-order valence-electron chi connectivity index (χ3n) is 2.28. The average molecular weight is 222 g/mol. The summed E-state index contributed by atoms with van der Waals surface area (Å²) in [4.78, 5) is 15.0. The number of aromatic nitrogens is 1. The van der Waals surface area contributed by atoms with E-state index >= 15 is 0 Å². The lowest BCUT2D eigenvalue weighted by molar-refractivity contribution is -0.140. The SMILES string of the molecule is CC(C)CC(NCc1cccnc1)C(=O)O. The number of aliphatic carboxylic acids is 1. The highest BCUT2D eigenvalue weighted by Gasteiger charge is 2.17. The van der Waals surface area contributed by atoms with Gasteiger partial charge in [0.2, 0.25) is 0 Å². The largest absolute Gasteiger partial charge is 0.480 e. The van der Waals surface area contributed by atoms with E-state index in [0.29, 0.717) is 18.9 Å². The van der Waals surface area contributed by atoms with Gasteiger partial charge in [-0.2, -0.15) is 0 Å². The number of carboxylic acid groups (broad SMARTS) is 1. The monoisotopic (exact) mass is 222 g/mol. The summed E-state index contributed by atoms with van der Waals surface area (Å²) in [5.74, 6) is -0.430. The highest BCUT2D eigenvalue weighted by Crippen LogP contribution is 2.06. The van der Waals surface area contributed by atoms with Gasteiger partial charge in [-0.25, -0.2) is 0 Å². The number of rotatable bonds is 6. The maximum absolute atomic E-state index is 11.0. The summed E-state index contributed by atoms with van der Waals surface area (Å²) >= 11 is 0. The van der Waals surface area contributed by atoms with Gasteiger partial charge in [0, 0.05) is 18.9 Å². The van der Waals surface area contributed by atoms with Crippen LogP contribution >= 0.6 is 0 Å². The van der Waals surface area contributed by atoms with Crippen molar-refractivity contribution in [2.24, 2.45) is 5.92 Å². The molecule has 0 radical (unpaired) electrons. The highest BCUT2D eigenvalue weighted by atomic mass is 16.4. The lowest BCUT2D eigenvalue weighted by Crippen LogP contribution is -2.37. The zero-order valence-corrected chi connectivity index (χ0v) is 9.68. The molecule has 1 rings (SSSR count). The van der Waals surface area contributed by atoms with E-state index in [-0.39, 0.29) is 0 Å². The fourth-order valence-corrected chi connectivity index (χ4v) is 1.49. The Hall–Kier alpha value is -1.42. The Bertz CT molecular complexity index is 325. The minimum Gasteiger partial charge on any atom is -0.480 e. The van der Waals surface area contributed by atoms with Crippen LogP contribution in [0.3, 0.4) is 0 Å². The fraction of sp³-hybridized carbons (Fsp3) is 0.500. The minimum absolute atomic E-state index is 0.363. The number of carbonyl (C=O) groups is 1. The molecular formula is C12H18N2O2. The minimum atomic E-state index is -0.794. The van der Waals surface area contributed by atoms with Crippen LogP contribution in [0.4, 0.5) is 0 Å². The Morgan fingerprint density at radius 1 is 1.56 bits per heavy atom. The van der Waals surface area contributed by atoms with E-state index in [0.717, 1.165) is 5.56 Å². The molecule has 0 spiro atoms. The second kappa shape index (κ2) is 6.23. The standard InChI is InChI=1S/C12H18N2O2/c1-9(2)6-11(12(15)16)14-8-10-4-3-5-13-7-10/h3-5,7,9,11,14H,6,8H2,1-2H3,(H,15,16). The summed E-state index contributed by atoms with van der Waals surface area (Å²) in [6.45, 7) is 4.57. The van der Waals surface area contributed by atoms with Gasteiger partial charge >= 0.3 is 5.97 Å². The molecule has 0 aromatic carbocycles. The molecule has 0 aliphatic heterocycles. The first kappa shape index (κ1) is 12.6. The van der Waals surface area contributed by atoms with Gasteiger partial charge in [0.25, 0.3) is 0 Å². The Morgan fingerprint density at radius 3 is 2.81 bits per heavy atom. The van der Waals surface area contributed by atoms with Crippen molar-refractivity contribution in [3.05, 3.63) is 30.1 Å². The fourth-order valence-electron chi connectivity index (χ4n) is 1.49. The molecule has 1 heterocycles. The second-order valence-electron chi connectivity index (χ2n) is 4.26. The molecule has 2 N–H and O–H groups in total. The van der Waals surface area contributed by atoms with E-state index in [1.165, 1.54) is 0 Å². The molecule has 1 atom stereocenters. The van der Waals surface area contributed by atoms with Crippen LogP contribution < -0.4 is 5.32 Å². The van der Waals surface area contributed by atoms with Crippen molar-refractivity contribution in [1.29, 1.82) is 0 Å². The Morgan fingerprint density at radius 2 is 2.31 bits per heavy atom. The number of pyridine rings is 1. The van der Waals surface area contributed by atoms with E-state index < -0.39 is 12.0 Å². The van der Waals surface area contributed by atoms with Crippen molar-refractivity contribution < 1.29 is 9.90 Å². The molecule has 0 saturated carbocycles. The zero-order chi connectivity index (χ0) is 12.0. The Labute approximate surface area is 95.7 Å². The topological polar surface area (TPSA) is 62.2 Å². The summed E-state index contributed by atoms with van der Waals surface area (Å²) in [5.41, 5.74) is 0.998. The molecule has 0 fully saturated rings. The molecule has 16 heavy (non-hydrogen) atoms. The summed E-state index contributed by atoms with van der Waals surface area (Å²) in [6, 6.07) is 3.28. The van der Waals surface area contributed by atoms with E-state index in [1.54, 1.807) is 12.4 Å². The van der Waals surface area contributed by atoms with E-state index in [1.807, 2.05) is 26.0 Å². The zero-order valence-electron chi connectivity index (χ0n) is 9.68. The molecule has 0 aliphatic carbocycles. The summed E-state index contributed by atoms with van der Waals surface area (Å²) < 4.78 is 0. The van der Waals surface area contributed by atoms with Crippen molar-refractivity contribution in [3.63, 3.8) is 0 Å². The molecule has 4 nitrogen and oxygen atoms in total. The Kier molecular flexibility index (Phi) is 4.92. The normalized spacial score (nSPS) is 12.7. The van der Waals surface area contributed by atoms with Crippen LogP contribution in [0.15, 0.2) is 24.5 Å². The van der Waals surface area contributed by atoms with Crippen LogP contribution in [0.25, 0.3) is 0 Å². The van der Waals surface area contributed by atoms with Crippen LogP contribution in [0, 0.1) is 5.92 Å². The molecule has 0 aliphatic rings. The molecule has 0 bridgehead atoms. The van der Waals surface area contributed by atoms with Gasteiger partial charge in [-0.05, 0) is 24.0 Å². The van der Waals surface area contributed by atoms with Crippen molar-refractivity contribution in [2.45, 2.75) is 32.9 Å². The third kappa shape index (κ3) is 4.40. The molecule has 88 valence electrons. The van der Waals surface area contributed by atoms with E-state index in [2.05, 4.69) is 10.3 Å². The van der Waals surface area contributed by atoms with Crippen LogP contribution in [-0.4, -0.2) is 22.1 Å². The van der Waals surface area contributed by atoms with Gasteiger partial charge in [0.15, 0.2) is 0 Å². The lowest BCUT2D eigenvalue weighted by atomic mass is 10.0. The number of carboxylic acids is 1. The van der Waals surface area contributed by atoms with Gasteiger partial charge < -0.3 is 10.4 Å². The van der Waals surface area contributed by atoms with Gasteiger partial charge in [-0.1, -0.05) is 19.9 Å². The van der Waals surface area contributed by atoms with Gasteiger partial charge in [-0.15, -0.1) is 0 Å². The van der Waals surface area contributed by atoms with Crippen LogP contribution in [-0.2, 0) is 11.3 Å². The molecule has 0 saturated heterocycles. The van der Waals surface area contributed by atoms with Crippen LogP contribution in [0.2, 0.25) is 0 Å². The van der Waals surface area contributed by atoms with Gasteiger partial charge in [0.05, 0.1) is 0 Å². The number of hydrogen-bond acceptors (Lipinski definition) is 3. The molecule has 1 unspecified atom stereocenters.